The van der Waals surface area contributed by atoms with Crippen LogP contribution in [0.25, 0.3) is 0 Å². The standard InChI is InChI=1S/C15H21N3O4S/c16-23(20,21)13-9-15(19)18(11-13)10-12-3-1-2-4-14(12)17-5-7-22-8-6-17/h1-4,13H,5-11H2,(H2,16,20,21). The van der Waals surface area contributed by atoms with Crippen LogP contribution in [0.3, 0.4) is 0 Å². The van der Waals surface area contributed by atoms with Crippen LogP contribution in [0.2, 0.25) is 0 Å². The first kappa shape index (κ1) is 16.2. The number of anilines is 1. The van der Waals surface area contributed by atoms with E-state index in [1.54, 1.807) is 4.90 Å². The smallest absolute Gasteiger partial charge is 0.224 e. The van der Waals surface area contributed by atoms with Crippen molar-refractivity contribution < 1.29 is 17.9 Å². The molecule has 2 fully saturated rings. The van der Waals surface area contributed by atoms with Crippen molar-refractivity contribution >= 4 is 21.6 Å². The van der Waals surface area contributed by atoms with Gasteiger partial charge >= 0.3 is 0 Å². The van der Waals surface area contributed by atoms with Crippen LogP contribution in [-0.2, 0) is 26.1 Å². The number of amides is 1. The van der Waals surface area contributed by atoms with Gasteiger partial charge in [0.05, 0.1) is 13.2 Å². The Balaban J connectivity index is 1.77. The molecule has 0 saturated carbocycles. The first-order valence-electron chi connectivity index (χ1n) is 7.65. The Bertz CT molecular complexity index is 686. The molecule has 8 heteroatoms. The number of carbonyl (C=O) groups excluding carboxylic acids is 1. The number of benzene rings is 1. The van der Waals surface area contributed by atoms with Gasteiger partial charge in [-0.05, 0) is 11.6 Å². The molecule has 23 heavy (non-hydrogen) atoms. The third-order valence-electron chi connectivity index (χ3n) is 4.35. The van der Waals surface area contributed by atoms with Gasteiger partial charge in [-0.1, -0.05) is 18.2 Å². The third kappa shape index (κ3) is 3.65. The normalized spacial score (nSPS) is 22.7. The van der Waals surface area contributed by atoms with Crippen LogP contribution in [-0.4, -0.2) is 57.3 Å². The fourth-order valence-electron chi connectivity index (χ4n) is 3.07. The second kappa shape index (κ2) is 6.46. The molecule has 0 radical (unpaired) electrons. The monoisotopic (exact) mass is 339 g/mol. The van der Waals surface area contributed by atoms with Crippen molar-refractivity contribution in [3.63, 3.8) is 0 Å². The molecule has 3 rings (SSSR count). The highest BCUT2D eigenvalue weighted by molar-refractivity contribution is 7.89. The summed E-state index contributed by atoms with van der Waals surface area (Å²) < 4.78 is 28.3. The summed E-state index contributed by atoms with van der Waals surface area (Å²) in [5.74, 6) is -0.166. The molecule has 2 N–H and O–H groups in total. The van der Waals surface area contributed by atoms with Gasteiger partial charge in [0, 0.05) is 38.3 Å². The van der Waals surface area contributed by atoms with Gasteiger partial charge in [-0.2, -0.15) is 0 Å². The lowest BCUT2D eigenvalue weighted by Gasteiger charge is -2.31. The van der Waals surface area contributed by atoms with E-state index in [2.05, 4.69) is 4.90 Å². The van der Waals surface area contributed by atoms with Gasteiger partial charge in [0.25, 0.3) is 0 Å². The third-order valence-corrected chi connectivity index (χ3v) is 5.59. The van der Waals surface area contributed by atoms with Gasteiger partial charge < -0.3 is 14.5 Å². The first-order chi connectivity index (χ1) is 10.9. The van der Waals surface area contributed by atoms with Crippen molar-refractivity contribution in [1.29, 1.82) is 0 Å². The van der Waals surface area contributed by atoms with Crippen molar-refractivity contribution in [2.45, 2.75) is 18.2 Å². The van der Waals surface area contributed by atoms with E-state index in [0.29, 0.717) is 19.8 Å². The Hall–Kier alpha value is -1.64. The highest BCUT2D eigenvalue weighted by Gasteiger charge is 2.36. The molecule has 2 aliphatic heterocycles. The van der Waals surface area contributed by atoms with Gasteiger partial charge in [-0.3, -0.25) is 4.79 Å². The molecule has 126 valence electrons. The van der Waals surface area contributed by atoms with E-state index in [0.717, 1.165) is 24.3 Å². The molecular formula is C15H21N3O4S. The fraction of sp³-hybridized carbons (Fsp3) is 0.533. The molecule has 1 atom stereocenters. The molecule has 1 amide bonds. The summed E-state index contributed by atoms with van der Waals surface area (Å²) in [6.07, 6.45) is -0.0292. The summed E-state index contributed by atoms with van der Waals surface area (Å²) in [6, 6.07) is 7.89. The fourth-order valence-corrected chi connectivity index (χ4v) is 3.83. The predicted octanol–water partition coefficient (Wildman–Crippen LogP) is -0.0874. The van der Waals surface area contributed by atoms with Crippen molar-refractivity contribution in [3.05, 3.63) is 29.8 Å². The Labute approximate surface area is 136 Å². The maximum atomic E-state index is 12.1. The summed E-state index contributed by atoms with van der Waals surface area (Å²) in [4.78, 5) is 15.9. The molecule has 7 nitrogen and oxygen atoms in total. The Morgan fingerprint density at radius 2 is 1.91 bits per heavy atom. The number of nitrogens with zero attached hydrogens (tertiary/aromatic N) is 2. The number of carbonyl (C=O) groups is 1. The quantitative estimate of drug-likeness (QED) is 0.828. The van der Waals surface area contributed by atoms with Gasteiger partial charge in [0.15, 0.2) is 0 Å². The van der Waals surface area contributed by atoms with Crippen LogP contribution < -0.4 is 10.0 Å². The maximum absolute atomic E-state index is 12.1. The molecule has 2 saturated heterocycles. The number of rotatable bonds is 4. The SMILES string of the molecule is NS(=O)(=O)C1CC(=O)N(Cc2ccccc2N2CCOCC2)C1. The van der Waals surface area contributed by atoms with E-state index in [4.69, 9.17) is 9.88 Å². The molecular weight excluding hydrogens is 318 g/mol. The number of hydrogen-bond donors (Lipinski definition) is 1. The number of para-hydroxylation sites is 1. The van der Waals surface area contributed by atoms with E-state index in [1.165, 1.54) is 0 Å². The molecule has 1 aromatic rings. The Kier molecular flexibility index (Phi) is 4.56. The molecule has 0 aromatic heterocycles. The molecule has 0 aliphatic carbocycles. The Morgan fingerprint density at radius 3 is 2.57 bits per heavy atom. The first-order valence-corrected chi connectivity index (χ1v) is 9.26. The summed E-state index contributed by atoms with van der Waals surface area (Å²) in [5.41, 5.74) is 2.08. The van der Waals surface area contributed by atoms with Crippen LogP contribution in [0.15, 0.2) is 24.3 Å². The molecule has 2 heterocycles. The van der Waals surface area contributed by atoms with Crippen LogP contribution in [0.4, 0.5) is 5.69 Å². The molecule has 1 unspecified atom stereocenters. The Morgan fingerprint density at radius 1 is 1.22 bits per heavy atom. The number of hydrogen-bond acceptors (Lipinski definition) is 5. The van der Waals surface area contributed by atoms with Crippen molar-refractivity contribution in [1.82, 2.24) is 4.90 Å². The lowest BCUT2D eigenvalue weighted by molar-refractivity contribution is -0.128. The summed E-state index contributed by atoms with van der Waals surface area (Å²) in [7, 11) is -3.68. The zero-order chi connectivity index (χ0) is 16.4. The van der Waals surface area contributed by atoms with E-state index in [1.807, 2.05) is 24.3 Å². The second-order valence-corrected chi connectivity index (χ2v) is 7.76. The largest absolute Gasteiger partial charge is 0.378 e. The lowest BCUT2D eigenvalue weighted by Crippen LogP contribution is -2.37. The zero-order valence-electron chi connectivity index (χ0n) is 12.8. The average Bonchev–Trinajstić information content (AvgIpc) is 2.90. The van der Waals surface area contributed by atoms with Crippen LogP contribution in [0.5, 0.6) is 0 Å². The lowest BCUT2D eigenvalue weighted by atomic mass is 10.1. The molecule has 2 aliphatic rings. The van der Waals surface area contributed by atoms with E-state index < -0.39 is 15.3 Å². The number of likely N-dealkylation sites (tertiary alicyclic amines) is 1. The topological polar surface area (TPSA) is 92.9 Å². The number of ether oxygens (including phenoxy) is 1. The van der Waals surface area contributed by atoms with Crippen molar-refractivity contribution in [2.24, 2.45) is 5.14 Å². The van der Waals surface area contributed by atoms with Gasteiger partial charge in [-0.15, -0.1) is 0 Å². The van der Waals surface area contributed by atoms with Gasteiger partial charge in [0.1, 0.15) is 5.25 Å². The highest BCUT2D eigenvalue weighted by atomic mass is 32.2. The molecule has 0 spiro atoms. The zero-order valence-corrected chi connectivity index (χ0v) is 13.7. The highest BCUT2D eigenvalue weighted by Crippen LogP contribution is 2.26. The minimum atomic E-state index is -3.68. The summed E-state index contributed by atoms with van der Waals surface area (Å²) in [5, 5.41) is 4.38. The number of nitrogens with two attached hydrogens (primary N) is 1. The number of sulfonamides is 1. The van der Waals surface area contributed by atoms with Gasteiger partial charge in [-0.25, -0.2) is 13.6 Å². The predicted molar refractivity (Wildman–Crippen MR) is 86.4 cm³/mol. The van der Waals surface area contributed by atoms with Crippen molar-refractivity contribution in [3.8, 4) is 0 Å². The maximum Gasteiger partial charge on any atom is 0.224 e. The summed E-state index contributed by atoms with van der Waals surface area (Å²) >= 11 is 0. The minimum absolute atomic E-state index is 0.0292. The van der Waals surface area contributed by atoms with Crippen LogP contribution >= 0.6 is 0 Å². The second-order valence-electron chi connectivity index (χ2n) is 5.92. The molecule has 0 bridgehead atoms. The van der Waals surface area contributed by atoms with Crippen LogP contribution in [0, 0.1) is 0 Å². The van der Waals surface area contributed by atoms with Crippen LogP contribution in [0.1, 0.15) is 12.0 Å². The van der Waals surface area contributed by atoms with Gasteiger partial charge in [0.2, 0.25) is 15.9 Å². The van der Waals surface area contributed by atoms with E-state index in [-0.39, 0.29) is 18.9 Å². The number of primary sulfonamides is 1. The molecule has 1 aromatic carbocycles. The number of morpholine rings is 1. The van der Waals surface area contributed by atoms with E-state index in [9.17, 15) is 13.2 Å². The minimum Gasteiger partial charge on any atom is -0.378 e. The van der Waals surface area contributed by atoms with Crippen molar-refractivity contribution in [2.75, 3.05) is 37.7 Å². The van der Waals surface area contributed by atoms with E-state index >= 15 is 0 Å². The average molecular weight is 339 g/mol. The summed E-state index contributed by atoms with van der Waals surface area (Å²) in [6.45, 7) is 3.55.